The van der Waals surface area contributed by atoms with Crippen molar-refractivity contribution in [2.24, 2.45) is 11.1 Å². The largest absolute Gasteiger partial charge is 0.379 e. The molecule has 10 heteroatoms. The maximum atomic E-state index is 12.5. The summed E-state index contributed by atoms with van der Waals surface area (Å²) in [5, 5.41) is 1.31. The number of methoxy groups -OCH3 is 1. The van der Waals surface area contributed by atoms with Crippen molar-refractivity contribution in [3.8, 4) is 0 Å². The zero-order chi connectivity index (χ0) is 24.5. The number of piperidine rings is 1. The minimum atomic E-state index is -0.128. The summed E-state index contributed by atoms with van der Waals surface area (Å²) in [5.41, 5.74) is 8.69. The molecular weight excluding hydrogens is 474 g/mol. The molecule has 1 spiro atoms. The van der Waals surface area contributed by atoms with E-state index >= 15 is 0 Å². The highest BCUT2D eigenvalue weighted by Crippen LogP contribution is 2.40. The summed E-state index contributed by atoms with van der Waals surface area (Å²) in [5.74, 6) is 0.783. The molecule has 1 aromatic heterocycles. The molecule has 1 atom stereocenters. The molecule has 0 radical (unpaired) electrons. The van der Waals surface area contributed by atoms with E-state index in [1.54, 1.807) is 27.3 Å². The van der Waals surface area contributed by atoms with Crippen LogP contribution in [-0.2, 0) is 16.1 Å². The molecule has 0 unspecified atom stereocenters. The van der Waals surface area contributed by atoms with Gasteiger partial charge < -0.3 is 25.0 Å². The van der Waals surface area contributed by atoms with Gasteiger partial charge in [-0.25, -0.2) is 4.98 Å². The van der Waals surface area contributed by atoms with E-state index in [1.165, 1.54) is 16.7 Å². The van der Waals surface area contributed by atoms with Crippen LogP contribution in [0.1, 0.15) is 34.6 Å². The molecule has 2 aliphatic rings. The van der Waals surface area contributed by atoms with Crippen molar-refractivity contribution in [2.75, 3.05) is 52.4 Å². The Bertz CT molecular complexity index is 1060. The van der Waals surface area contributed by atoms with Gasteiger partial charge in [0.1, 0.15) is 12.3 Å². The second kappa shape index (κ2) is 10.4. The minimum Gasteiger partial charge on any atom is -0.379 e. The first-order chi connectivity index (χ1) is 16.3. The third kappa shape index (κ3) is 4.90. The number of hydrogen-bond acceptors (Lipinski definition) is 7. The van der Waals surface area contributed by atoms with Crippen LogP contribution >= 0.6 is 23.4 Å². The Morgan fingerprint density at radius 1 is 1.41 bits per heavy atom. The number of carbonyl (C=O) groups excluding carboxylic acids is 1. The lowest BCUT2D eigenvalue weighted by molar-refractivity contribution is -0.443. The third-order valence-electron chi connectivity index (χ3n) is 6.77. The highest BCUT2D eigenvalue weighted by molar-refractivity contribution is 7.99. The van der Waals surface area contributed by atoms with Crippen LogP contribution in [0.5, 0.6) is 0 Å². The summed E-state index contributed by atoms with van der Waals surface area (Å²) in [7, 11) is 5.11. The van der Waals surface area contributed by atoms with Crippen molar-refractivity contribution in [2.45, 2.75) is 42.3 Å². The summed E-state index contributed by atoms with van der Waals surface area (Å²) < 4.78 is 11.2. The van der Waals surface area contributed by atoms with Gasteiger partial charge in [0.2, 0.25) is 5.69 Å². The van der Waals surface area contributed by atoms with Gasteiger partial charge in [-0.2, -0.15) is 4.98 Å². The molecule has 0 saturated carbocycles. The number of aromatic amines is 1. The number of nitrogens with zero attached hydrogens (tertiary/aromatic N) is 3. The molecule has 2 aromatic rings. The Kier molecular flexibility index (Phi) is 7.69. The smallest absolute Gasteiger partial charge is 0.265 e. The van der Waals surface area contributed by atoms with Crippen LogP contribution in [0.15, 0.2) is 28.1 Å². The number of aryl methyl sites for hydroxylation is 1. The molecule has 2 saturated heterocycles. The summed E-state index contributed by atoms with van der Waals surface area (Å²) in [6.45, 7) is 5.54. The number of amides is 1. The average Bonchev–Trinajstić information content (AvgIpc) is 3.16. The number of ether oxygens (including phenoxy) is 2. The topological polar surface area (TPSA) is 95.1 Å². The van der Waals surface area contributed by atoms with Crippen LogP contribution in [0.3, 0.4) is 0 Å². The number of H-pyrrole nitrogens is 1. The standard InChI is InChI=1S/C24H32ClN5O3S/c1-15-22(34-18-7-5-6-16(20(18)25)23(31)29(2)3)28-17(12-32-4)21(27-15)30-10-8-24(9-11-30)14-33-13-19(24)26/h5-7,19H,8-14,26H2,1-4H3/p+1/t19-/m1/s1. The molecule has 4 rings (SSSR count). The molecule has 2 fully saturated rings. The zero-order valence-corrected chi connectivity index (χ0v) is 21.8. The van der Waals surface area contributed by atoms with Crippen LogP contribution in [-0.4, -0.2) is 69.3 Å². The van der Waals surface area contributed by atoms with E-state index in [0.717, 1.165) is 59.7 Å². The first-order valence-corrected chi connectivity index (χ1v) is 12.6. The van der Waals surface area contributed by atoms with E-state index in [4.69, 9.17) is 31.8 Å². The van der Waals surface area contributed by atoms with Gasteiger partial charge in [0.15, 0.2) is 5.82 Å². The lowest BCUT2D eigenvalue weighted by Gasteiger charge is -2.41. The molecular formula is C24H33ClN5O3S+. The predicted octanol–water partition coefficient (Wildman–Crippen LogP) is 2.80. The Hall–Kier alpha value is -1.91. The lowest BCUT2D eigenvalue weighted by atomic mass is 9.75. The maximum absolute atomic E-state index is 12.5. The fourth-order valence-corrected chi connectivity index (χ4v) is 5.88. The highest BCUT2D eigenvalue weighted by atomic mass is 35.5. The first kappa shape index (κ1) is 25.2. The van der Waals surface area contributed by atoms with Crippen LogP contribution in [0.4, 0.5) is 5.82 Å². The van der Waals surface area contributed by atoms with Gasteiger partial charge in [-0.1, -0.05) is 17.7 Å². The van der Waals surface area contributed by atoms with E-state index in [9.17, 15) is 4.79 Å². The second-order valence-corrected chi connectivity index (χ2v) is 10.7. The van der Waals surface area contributed by atoms with E-state index in [2.05, 4.69) is 9.88 Å². The Morgan fingerprint density at radius 3 is 2.76 bits per heavy atom. The molecule has 8 nitrogen and oxygen atoms in total. The number of rotatable bonds is 6. The molecule has 3 heterocycles. The molecule has 3 N–H and O–H groups in total. The number of hydrogen-bond donors (Lipinski definition) is 1. The Balaban J connectivity index is 1.59. The van der Waals surface area contributed by atoms with Gasteiger partial charge in [0.05, 0.1) is 23.8 Å². The van der Waals surface area contributed by atoms with Gasteiger partial charge in [-0.3, -0.25) is 4.79 Å². The van der Waals surface area contributed by atoms with E-state index in [0.29, 0.717) is 23.8 Å². The van der Waals surface area contributed by atoms with Gasteiger partial charge >= 0.3 is 0 Å². The van der Waals surface area contributed by atoms with Crippen LogP contribution in [0, 0.1) is 12.3 Å². The zero-order valence-electron chi connectivity index (χ0n) is 20.2. The predicted molar refractivity (Wildman–Crippen MR) is 133 cm³/mol. The van der Waals surface area contributed by atoms with Crippen molar-refractivity contribution in [1.29, 1.82) is 0 Å². The van der Waals surface area contributed by atoms with Gasteiger partial charge in [0.25, 0.3) is 10.9 Å². The van der Waals surface area contributed by atoms with Gasteiger partial charge in [-0.15, -0.1) is 0 Å². The average molecular weight is 507 g/mol. The van der Waals surface area contributed by atoms with Crippen molar-refractivity contribution < 1.29 is 19.3 Å². The third-order valence-corrected chi connectivity index (χ3v) is 8.45. The van der Waals surface area contributed by atoms with Crippen LogP contribution in [0.2, 0.25) is 5.02 Å². The van der Waals surface area contributed by atoms with E-state index < -0.39 is 0 Å². The van der Waals surface area contributed by atoms with Crippen molar-refractivity contribution in [3.05, 3.63) is 40.2 Å². The lowest BCUT2D eigenvalue weighted by Crippen LogP contribution is -2.49. The number of nitrogens with two attached hydrogens (primary N) is 1. The normalized spacial score (nSPS) is 19.6. The molecule has 1 amide bonds. The van der Waals surface area contributed by atoms with Crippen LogP contribution < -0.4 is 15.6 Å². The fraction of sp³-hybridized carbons (Fsp3) is 0.542. The first-order valence-electron chi connectivity index (χ1n) is 11.4. The van der Waals surface area contributed by atoms with Crippen molar-refractivity contribution in [3.63, 3.8) is 0 Å². The minimum absolute atomic E-state index is 0.0816. The number of halogens is 1. The number of aromatic nitrogens is 2. The van der Waals surface area contributed by atoms with Crippen LogP contribution in [0.25, 0.3) is 0 Å². The highest BCUT2D eigenvalue weighted by Gasteiger charge is 2.44. The summed E-state index contributed by atoms with van der Waals surface area (Å²) in [4.78, 5) is 25.6. The Morgan fingerprint density at radius 2 is 2.15 bits per heavy atom. The van der Waals surface area contributed by atoms with Gasteiger partial charge in [-0.05, 0) is 43.7 Å². The maximum Gasteiger partial charge on any atom is 0.265 e. The monoisotopic (exact) mass is 506 g/mol. The SMILES string of the molecule is COCc1[nH+]c(Sc2cccc(C(=O)N(C)C)c2Cl)c(C)nc1N1CCC2(CC1)COC[C@H]2N. The Labute approximate surface area is 210 Å². The van der Waals surface area contributed by atoms with E-state index in [1.807, 2.05) is 19.1 Å². The quantitative estimate of drug-likeness (QED) is 0.643. The number of benzene rings is 1. The number of nitrogens with one attached hydrogen (secondary N) is 1. The summed E-state index contributed by atoms with van der Waals surface area (Å²) in [6.07, 6.45) is 1.97. The molecule has 2 aliphatic heterocycles. The summed E-state index contributed by atoms with van der Waals surface area (Å²) >= 11 is 8.09. The number of carbonyl (C=O) groups is 1. The van der Waals surface area contributed by atoms with Gasteiger partial charge in [0, 0.05) is 50.6 Å². The molecule has 0 aliphatic carbocycles. The van der Waals surface area contributed by atoms with Crippen molar-refractivity contribution in [1.82, 2.24) is 9.88 Å². The second-order valence-electron chi connectivity index (χ2n) is 9.28. The molecule has 0 bridgehead atoms. The number of anilines is 1. The van der Waals surface area contributed by atoms with E-state index in [-0.39, 0.29) is 17.4 Å². The molecule has 1 aromatic carbocycles. The molecule has 34 heavy (non-hydrogen) atoms. The molecule has 184 valence electrons. The van der Waals surface area contributed by atoms with Crippen molar-refractivity contribution >= 4 is 35.1 Å². The fourth-order valence-electron chi connectivity index (χ4n) is 4.62. The summed E-state index contributed by atoms with van der Waals surface area (Å²) in [6, 6.07) is 5.60.